The summed E-state index contributed by atoms with van der Waals surface area (Å²) >= 11 is 0. The molecule has 65 heavy (non-hydrogen) atoms. The van der Waals surface area contributed by atoms with Crippen molar-refractivity contribution in [1.29, 1.82) is 0 Å². The van der Waals surface area contributed by atoms with Crippen LogP contribution in [0.2, 0.25) is 0 Å². The van der Waals surface area contributed by atoms with E-state index >= 15 is 0 Å². The molecule has 330 valence electrons. The molecule has 12 nitrogen and oxygen atoms in total. The number of hydrogen-bond acceptors (Lipinski definition) is 9. The summed E-state index contributed by atoms with van der Waals surface area (Å²) < 4.78 is 11.2. The Labute approximate surface area is 390 Å². The number of esters is 1. The summed E-state index contributed by atoms with van der Waals surface area (Å²) in [5.74, 6) is -5.06. The van der Waals surface area contributed by atoms with E-state index < -0.39 is 85.2 Å². The number of hydrogen-bond donors (Lipinski definition) is 3. The van der Waals surface area contributed by atoms with Crippen LogP contribution in [0.25, 0.3) is 11.1 Å². The number of fused-ring (bicyclic) bond motifs is 3. The average Bonchev–Trinajstić information content (AvgIpc) is 3.58. The summed E-state index contributed by atoms with van der Waals surface area (Å²) in [5.41, 5.74) is 4.03. The van der Waals surface area contributed by atoms with Gasteiger partial charge >= 0.3 is 205 Å². The van der Waals surface area contributed by atoms with Crippen LogP contribution in [0.4, 0.5) is 4.79 Å². The molecule has 3 aromatic rings. The number of amides is 3. The Morgan fingerprint density at radius 2 is 1.37 bits per heavy atom. The summed E-state index contributed by atoms with van der Waals surface area (Å²) in [4.78, 5) is 93.6. The number of benzene rings is 3. The molecule has 3 atom stereocenters. The Kier molecular flexibility index (Phi) is 20.0. The van der Waals surface area contributed by atoms with E-state index in [1.807, 2.05) is 80.6 Å². The van der Waals surface area contributed by atoms with Gasteiger partial charge in [0.1, 0.15) is 18.2 Å². The second-order valence-corrected chi connectivity index (χ2v) is 20.6. The monoisotopic (exact) mass is 889 g/mol. The molecule has 3 N–H and O–H groups in total. The van der Waals surface area contributed by atoms with Crippen molar-refractivity contribution >= 4 is 98.1 Å². The number of ether oxygens (including phenoxy) is 2. The fourth-order valence-corrected chi connectivity index (χ4v) is 9.12. The molecular formula is C45H54B7N3O9S. The van der Waals surface area contributed by atoms with Crippen LogP contribution in [0, 0.1) is 11.8 Å². The van der Waals surface area contributed by atoms with Crippen molar-refractivity contribution in [3.05, 3.63) is 95.6 Å². The molecular weight excluding hydrogens is 834 g/mol. The summed E-state index contributed by atoms with van der Waals surface area (Å²) in [5, 5.41) is 7.49. The number of carbonyl (C=O) groups excluding carboxylic acids is 7. The first-order chi connectivity index (χ1) is 30.8. The first-order valence-corrected chi connectivity index (χ1v) is 23.6. The van der Waals surface area contributed by atoms with Crippen LogP contribution >= 0.6 is 8.73 Å². The van der Waals surface area contributed by atoms with Gasteiger partial charge in [-0.1, -0.05) is 66.7 Å². The van der Waals surface area contributed by atoms with Crippen molar-refractivity contribution < 1.29 is 43.0 Å². The summed E-state index contributed by atoms with van der Waals surface area (Å²) in [6.45, 7) is 8.39. The smallest absolute Gasteiger partial charge is 0.0622 e. The van der Waals surface area contributed by atoms with Gasteiger partial charge in [0.25, 0.3) is 0 Å². The van der Waals surface area contributed by atoms with Gasteiger partial charge in [-0.2, -0.15) is 0 Å². The van der Waals surface area contributed by atoms with E-state index in [2.05, 4.69) is 16.0 Å². The van der Waals surface area contributed by atoms with E-state index in [4.69, 9.17) is 40.4 Å². The number of alkyl carbamates (subject to hydrolysis) is 1. The Hall–Kier alpha value is -4.85. The van der Waals surface area contributed by atoms with Crippen molar-refractivity contribution in [1.82, 2.24) is 16.0 Å². The van der Waals surface area contributed by atoms with E-state index in [9.17, 15) is 33.6 Å². The van der Waals surface area contributed by atoms with Gasteiger partial charge < -0.3 is 20.1 Å². The number of Topliss-reactive ketones (excluding diaryl/α,β-unsaturated/α-hetero) is 2. The molecule has 0 aliphatic heterocycles. The third-order valence-electron chi connectivity index (χ3n) is 10.9. The average molecular weight is 889 g/mol. The molecule has 0 bridgehead atoms. The molecule has 0 spiro atoms. The van der Waals surface area contributed by atoms with Crippen molar-refractivity contribution in [2.24, 2.45) is 11.8 Å². The minimum atomic E-state index is -2.68. The van der Waals surface area contributed by atoms with Gasteiger partial charge in [-0.25, -0.2) is 9.59 Å². The molecule has 0 saturated heterocycles. The Balaban J connectivity index is 1.37. The maximum atomic E-state index is 13.9. The van der Waals surface area contributed by atoms with Crippen molar-refractivity contribution in [2.45, 2.75) is 103 Å². The molecule has 1 aliphatic carbocycles. The van der Waals surface area contributed by atoms with Crippen LogP contribution in [-0.2, 0) is 44.7 Å². The zero-order valence-electron chi connectivity index (χ0n) is 37.9. The van der Waals surface area contributed by atoms with Gasteiger partial charge in [0, 0.05) is 12.3 Å². The van der Waals surface area contributed by atoms with Gasteiger partial charge in [-0.15, -0.1) is 0 Å². The van der Waals surface area contributed by atoms with Gasteiger partial charge in [0.15, 0.2) is 0 Å². The Morgan fingerprint density at radius 1 is 0.785 bits per heavy atom. The third-order valence-corrected chi connectivity index (χ3v) is 13.7. The first kappa shape index (κ1) is 52.8. The molecule has 0 heterocycles. The van der Waals surface area contributed by atoms with Crippen molar-refractivity contribution in [2.75, 3.05) is 13.2 Å². The molecule has 8 radical (unpaired) electrons. The second-order valence-electron chi connectivity index (χ2n) is 17.5. The number of carbonyl (C=O) groups is 7. The molecule has 20 heteroatoms. The molecule has 3 unspecified atom stereocenters. The van der Waals surface area contributed by atoms with Crippen LogP contribution in [0.1, 0.15) is 95.8 Å². The predicted octanol–water partition coefficient (Wildman–Crippen LogP) is 3.89. The van der Waals surface area contributed by atoms with Gasteiger partial charge in [-0.3, -0.25) is 4.79 Å². The summed E-state index contributed by atoms with van der Waals surface area (Å²) in [6.07, 6.45) is -1.61. The van der Waals surface area contributed by atoms with Crippen molar-refractivity contribution in [3.8, 4) is 11.1 Å². The van der Waals surface area contributed by atoms with E-state index in [0.717, 1.165) is 39.9 Å². The topological polar surface area (TPSA) is 174 Å². The minimum Gasteiger partial charge on any atom is -0.0622 e. The van der Waals surface area contributed by atoms with E-state index in [1.165, 1.54) is 0 Å². The summed E-state index contributed by atoms with van der Waals surface area (Å²) in [7, 11) is 20.4. The molecule has 0 aromatic heterocycles. The van der Waals surface area contributed by atoms with Crippen LogP contribution in [0.5, 0.6) is 0 Å². The van der Waals surface area contributed by atoms with Crippen LogP contribution in [0.15, 0.2) is 78.9 Å². The fraction of sp³-hybridized carbons (Fsp3) is 0.444. The number of ketones is 2. The first-order valence-electron chi connectivity index (χ1n) is 21.7. The molecule has 3 amide bonds. The van der Waals surface area contributed by atoms with Crippen molar-refractivity contribution in [3.63, 3.8) is 0 Å². The van der Waals surface area contributed by atoms with Gasteiger partial charge in [-0.05, 0) is 49.4 Å². The molecule has 4 rings (SSSR count). The molecule has 3 aromatic carbocycles. The third kappa shape index (κ3) is 15.4. The quantitative estimate of drug-likeness (QED) is 0.100. The van der Waals surface area contributed by atoms with E-state index in [-0.39, 0.29) is 63.4 Å². The summed E-state index contributed by atoms with van der Waals surface area (Å²) in [6, 6.07) is 24.8. The molecule has 0 saturated carbocycles. The number of nitrogens with one attached hydrogen (secondary N) is 3. The van der Waals surface area contributed by atoms with Gasteiger partial charge in [0.2, 0.25) is 5.91 Å². The zero-order chi connectivity index (χ0) is 47.9. The van der Waals surface area contributed by atoms with Gasteiger partial charge in [0.05, 0.1) is 0 Å². The zero-order valence-corrected chi connectivity index (χ0v) is 38.7. The predicted molar refractivity (Wildman–Crippen MR) is 262 cm³/mol. The minimum absolute atomic E-state index is 0.0109. The second kappa shape index (κ2) is 24.6. The van der Waals surface area contributed by atoms with Crippen LogP contribution < -0.4 is 16.0 Å². The SMILES string of the molecule is [B]B=S(=B[B])(B([B])[B])C(=O)CCC(=O)C(CC(C)C)NC(=O)C(CC(=O)CNC(=O)CCC(NC(=O)OCC1c2ccccc2-c2ccccc21)C(=O)OC(C)(C)C)Cc1ccccc1. The van der Waals surface area contributed by atoms with Crippen LogP contribution in [0.3, 0.4) is 0 Å². The molecule has 1 aliphatic rings. The van der Waals surface area contributed by atoms with Crippen LogP contribution in [-0.4, -0.2) is 120 Å². The standard InChI is InChI=1S/C45H54B7N3O9S/c1-28(2)23-38(39(57)20-22-41(59)65(50-46,51-47)52(48)49)54-42(60)30(24-29-13-7-6-8-14-29)25-31(56)26-53-40(58)21-19-37(43(61)64-45(3,4)5)55-44(62)63-27-36-34-17-11-9-15-32(34)33-16-10-12-18-35(33)36/h6-18,28,30,36-38H,19-27H2,1-5H3,(H,53,58)(H,54,60)(H,55,62). The molecule has 0 fully saturated rings. The Bertz CT molecular complexity index is 2270. The normalized spacial score (nSPS) is 13.4. The number of rotatable bonds is 22. The Morgan fingerprint density at radius 3 is 1.92 bits per heavy atom. The van der Waals surface area contributed by atoms with E-state index in [0.29, 0.717) is 0 Å². The van der Waals surface area contributed by atoms with E-state index in [1.54, 1.807) is 32.9 Å². The maximum absolute atomic E-state index is 13.9. The fourth-order valence-electron chi connectivity index (χ4n) is 7.61.